The molecule has 0 heterocycles. The molecule has 0 aliphatic heterocycles. The van der Waals surface area contributed by atoms with Crippen LogP contribution in [0, 0.1) is 0 Å². The molecule has 0 spiro atoms. The Hall–Kier alpha value is -1.22. The lowest BCUT2D eigenvalue weighted by molar-refractivity contribution is 0.405. The number of methoxy groups -OCH3 is 1. The van der Waals surface area contributed by atoms with Crippen LogP contribution in [0.25, 0.3) is 0 Å². The van der Waals surface area contributed by atoms with Crippen LogP contribution < -0.4 is 10.1 Å². The molecule has 3 nitrogen and oxygen atoms in total. The summed E-state index contributed by atoms with van der Waals surface area (Å²) in [6.45, 7) is 0. The third-order valence-electron chi connectivity index (χ3n) is 3.21. The van der Waals surface area contributed by atoms with Gasteiger partial charge in [0.25, 0.3) is 0 Å². The normalized spacial score (nSPS) is 17.5. The Morgan fingerprint density at radius 3 is 2.67 bits per heavy atom. The van der Waals surface area contributed by atoms with E-state index in [-0.39, 0.29) is 5.54 Å². The first-order chi connectivity index (χ1) is 7.19. The highest BCUT2D eigenvalue weighted by atomic mass is 16.5. The van der Waals surface area contributed by atoms with Crippen molar-refractivity contribution in [3.05, 3.63) is 23.8 Å². The molecule has 1 saturated carbocycles. The van der Waals surface area contributed by atoms with E-state index >= 15 is 0 Å². The van der Waals surface area contributed by atoms with E-state index in [1.807, 2.05) is 19.2 Å². The summed E-state index contributed by atoms with van der Waals surface area (Å²) in [4.78, 5) is 0. The Labute approximate surface area is 90.1 Å². The van der Waals surface area contributed by atoms with E-state index in [0.29, 0.717) is 11.5 Å². The Kier molecular flexibility index (Phi) is 2.57. The van der Waals surface area contributed by atoms with E-state index in [0.717, 1.165) is 12.0 Å². The number of hydrogen-bond acceptors (Lipinski definition) is 3. The zero-order chi connectivity index (χ0) is 10.9. The standard InChI is InChI=1S/C12H17NO2/c1-13-12(5-6-12)8-9-3-4-10(15-2)7-11(9)14/h3-4,7,13-14H,5-6,8H2,1-2H3. The van der Waals surface area contributed by atoms with Gasteiger partial charge in [-0.15, -0.1) is 0 Å². The van der Waals surface area contributed by atoms with Gasteiger partial charge in [-0.2, -0.15) is 0 Å². The lowest BCUT2D eigenvalue weighted by atomic mass is 10.0. The number of phenols is 1. The second-order valence-electron chi connectivity index (χ2n) is 4.20. The molecule has 0 radical (unpaired) electrons. The fraction of sp³-hybridized carbons (Fsp3) is 0.500. The van der Waals surface area contributed by atoms with E-state index in [4.69, 9.17) is 4.74 Å². The molecule has 2 N–H and O–H groups in total. The van der Waals surface area contributed by atoms with Gasteiger partial charge in [0, 0.05) is 11.6 Å². The molecule has 1 aromatic carbocycles. The van der Waals surface area contributed by atoms with Crippen molar-refractivity contribution in [1.29, 1.82) is 0 Å². The van der Waals surface area contributed by atoms with Gasteiger partial charge in [-0.3, -0.25) is 0 Å². The van der Waals surface area contributed by atoms with Crippen LogP contribution in [-0.2, 0) is 6.42 Å². The third kappa shape index (κ3) is 2.07. The van der Waals surface area contributed by atoms with E-state index in [1.165, 1.54) is 12.8 Å². The van der Waals surface area contributed by atoms with Crippen LogP contribution in [0.1, 0.15) is 18.4 Å². The fourth-order valence-corrected chi connectivity index (χ4v) is 1.85. The zero-order valence-electron chi connectivity index (χ0n) is 9.21. The van der Waals surface area contributed by atoms with Crippen LogP contribution in [0.4, 0.5) is 0 Å². The van der Waals surface area contributed by atoms with Gasteiger partial charge in [0.1, 0.15) is 11.5 Å². The van der Waals surface area contributed by atoms with Crippen molar-refractivity contribution in [3.8, 4) is 11.5 Å². The highest BCUT2D eigenvalue weighted by Gasteiger charge is 2.41. The first-order valence-electron chi connectivity index (χ1n) is 5.24. The molecular weight excluding hydrogens is 190 g/mol. The zero-order valence-corrected chi connectivity index (χ0v) is 9.21. The van der Waals surface area contributed by atoms with Crippen molar-refractivity contribution < 1.29 is 9.84 Å². The summed E-state index contributed by atoms with van der Waals surface area (Å²) >= 11 is 0. The van der Waals surface area contributed by atoms with Gasteiger partial charge >= 0.3 is 0 Å². The predicted octanol–water partition coefficient (Wildman–Crippen LogP) is 1.70. The lowest BCUT2D eigenvalue weighted by Gasteiger charge is -2.15. The topological polar surface area (TPSA) is 41.5 Å². The average Bonchev–Trinajstić information content (AvgIpc) is 3.02. The van der Waals surface area contributed by atoms with Crippen molar-refractivity contribution in [3.63, 3.8) is 0 Å². The van der Waals surface area contributed by atoms with E-state index in [2.05, 4.69) is 5.32 Å². The summed E-state index contributed by atoms with van der Waals surface area (Å²) in [5.41, 5.74) is 1.22. The highest BCUT2D eigenvalue weighted by Crippen LogP contribution is 2.40. The number of rotatable bonds is 4. The summed E-state index contributed by atoms with van der Waals surface area (Å²) in [7, 11) is 3.58. The highest BCUT2D eigenvalue weighted by molar-refractivity contribution is 5.41. The molecule has 2 rings (SSSR count). The maximum atomic E-state index is 9.80. The van der Waals surface area contributed by atoms with Crippen molar-refractivity contribution in [2.24, 2.45) is 0 Å². The van der Waals surface area contributed by atoms with Crippen molar-refractivity contribution in [2.45, 2.75) is 24.8 Å². The molecule has 1 aliphatic carbocycles. The van der Waals surface area contributed by atoms with Gasteiger partial charge in [0.15, 0.2) is 0 Å². The lowest BCUT2D eigenvalue weighted by Crippen LogP contribution is -2.29. The Balaban J connectivity index is 2.15. The molecule has 0 aromatic heterocycles. The van der Waals surface area contributed by atoms with Crippen LogP contribution >= 0.6 is 0 Å². The molecular formula is C12H17NO2. The second-order valence-corrected chi connectivity index (χ2v) is 4.20. The molecule has 0 amide bonds. The summed E-state index contributed by atoms with van der Waals surface area (Å²) in [5.74, 6) is 1.03. The molecule has 1 aromatic rings. The van der Waals surface area contributed by atoms with Crippen molar-refractivity contribution >= 4 is 0 Å². The van der Waals surface area contributed by atoms with Gasteiger partial charge in [-0.1, -0.05) is 6.07 Å². The number of benzene rings is 1. The van der Waals surface area contributed by atoms with Crippen LogP contribution in [0.2, 0.25) is 0 Å². The monoisotopic (exact) mass is 207 g/mol. The number of ether oxygens (including phenoxy) is 1. The van der Waals surface area contributed by atoms with E-state index < -0.39 is 0 Å². The first-order valence-corrected chi connectivity index (χ1v) is 5.24. The molecule has 1 fully saturated rings. The van der Waals surface area contributed by atoms with Gasteiger partial charge < -0.3 is 15.2 Å². The summed E-state index contributed by atoms with van der Waals surface area (Å²) in [6, 6.07) is 5.49. The summed E-state index contributed by atoms with van der Waals surface area (Å²) in [6.07, 6.45) is 3.27. The minimum absolute atomic E-state index is 0.228. The van der Waals surface area contributed by atoms with Gasteiger partial charge in [-0.05, 0) is 37.9 Å². The molecule has 0 atom stereocenters. The maximum absolute atomic E-state index is 9.80. The Morgan fingerprint density at radius 1 is 1.47 bits per heavy atom. The SMILES string of the molecule is CNC1(Cc2ccc(OC)cc2O)CC1. The molecule has 0 unspecified atom stereocenters. The number of likely N-dealkylation sites (N-methyl/N-ethyl adjacent to an activating group) is 1. The van der Waals surface area contributed by atoms with Gasteiger partial charge in [0.05, 0.1) is 7.11 Å². The molecule has 1 aliphatic rings. The fourth-order valence-electron chi connectivity index (χ4n) is 1.85. The first kappa shape index (κ1) is 10.3. The number of phenolic OH excluding ortho intramolecular Hbond substituents is 1. The van der Waals surface area contributed by atoms with Crippen molar-refractivity contribution in [1.82, 2.24) is 5.32 Å². The van der Waals surface area contributed by atoms with Crippen LogP contribution in [0.15, 0.2) is 18.2 Å². The summed E-state index contributed by atoms with van der Waals surface area (Å²) in [5, 5.41) is 13.1. The average molecular weight is 207 g/mol. The molecule has 3 heteroatoms. The minimum atomic E-state index is 0.228. The third-order valence-corrected chi connectivity index (χ3v) is 3.21. The van der Waals surface area contributed by atoms with E-state index in [1.54, 1.807) is 13.2 Å². The van der Waals surface area contributed by atoms with Crippen molar-refractivity contribution in [2.75, 3.05) is 14.2 Å². The largest absolute Gasteiger partial charge is 0.508 e. The second kappa shape index (κ2) is 3.74. The number of hydrogen-bond donors (Lipinski definition) is 2. The summed E-state index contributed by atoms with van der Waals surface area (Å²) < 4.78 is 5.05. The smallest absolute Gasteiger partial charge is 0.122 e. The van der Waals surface area contributed by atoms with Crippen LogP contribution in [-0.4, -0.2) is 24.8 Å². The number of nitrogens with one attached hydrogen (secondary N) is 1. The number of aromatic hydroxyl groups is 1. The Morgan fingerprint density at radius 2 is 2.20 bits per heavy atom. The molecule has 0 saturated heterocycles. The molecule has 0 bridgehead atoms. The minimum Gasteiger partial charge on any atom is -0.508 e. The quantitative estimate of drug-likeness (QED) is 0.789. The predicted molar refractivity (Wildman–Crippen MR) is 59.4 cm³/mol. The van der Waals surface area contributed by atoms with Crippen LogP contribution in [0.5, 0.6) is 11.5 Å². The van der Waals surface area contributed by atoms with E-state index in [9.17, 15) is 5.11 Å². The van der Waals surface area contributed by atoms with Gasteiger partial charge in [-0.25, -0.2) is 0 Å². The van der Waals surface area contributed by atoms with Crippen LogP contribution in [0.3, 0.4) is 0 Å². The van der Waals surface area contributed by atoms with Gasteiger partial charge in [0.2, 0.25) is 0 Å². The maximum Gasteiger partial charge on any atom is 0.122 e. The molecule has 82 valence electrons. The molecule has 15 heavy (non-hydrogen) atoms. The Bertz CT molecular complexity index is 359.